The Labute approximate surface area is 136 Å². The summed E-state index contributed by atoms with van der Waals surface area (Å²) in [5.74, 6) is 2.88. The van der Waals surface area contributed by atoms with Gasteiger partial charge in [0.15, 0.2) is 5.78 Å². The molecule has 0 aromatic heterocycles. The number of ketones is 1. The van der Waals surface area contributed by atoms with Crippen LogP contribution in [0.4, 0.5) is 0 Å². The van der Waals surface area contributed by atoms with Crippen LogP contribution in [0.15, 0.2) is 24.3 Å². The van der Waals surface area contributed by atoms with Gasteiger partial charge in [0.2, 0.25) is 0 Å². The van der Waals surface area contributed by atoms with Gasteiger partial charge in [-0.1, -0.05) is 50.6 Å². The van der Waals surface area contributed by atoms with Crippen LogP contribution in [0.2, 0.25) is 0 Å². The predicted octanol–water partition coefficient (Wildman–Crippen LogP) is 5.54. The van der Waals surface area contributed by atoms with Crippen LogP contribution < -0.4 is 0 Å². The fourth-order valence-electron chi connectivity index (χ4n) is 3.11. The molecule has 1 saturated heterocycles. The summed E-state index contributed by atoms with van der Waals surface area (Å²) in [4.78, 5) is 13.1. The molecule has 20 heavy (non-hydrogen) atoms. The van der Waals surface area contributed by atoms with E-state index in [9.17, 15) is 4.79 Å². The van der Waals surface area contributed by atoms with E-state index in [-0.39, 0.29) is 10.7 Å². The molecule has 0 bridgehead atoms. The number of hydrogen-bond acceptors (Lipinski definition) is 1. The van der Waals surface area contributed by atoms with Crippen LogP contribution in [0.3, 0.4) is 0 Å². The highest BCUT2D eigenvalue weighted by Gasteiger charge is 2.45. The van der Waals surface area contributed by atoms with Crippen LogP contribution in [0.25, 0.3) is 0 Å². The number of rotatable bonds is 3. The topological polar surface area (TPSA) is 17.1 Å². The summed E-state index contributed by atoms with van der Waals surface area (Å²) in [6.07, 6.45) is 2.60. The van der Waals surface area contributed by atoms with Gasteiger partial charge in [0, 0.05) is 5.56 Å². The van der Waals surface area contributed by atoms with Gasteiger partial charge in [-0.2, -0.15) is 7.20 Å². The van der Waals surface area contributed by atoms with Gasteiger partial charge in [-0.25, -0.2) is 0 Å². The standard InChI is InChI=1S/C17H25IOS/c1-13-7-9-14(10-8-13)15(19)16(17(2,3)4)20(18)11-5-6-12-20/h7-10,16H,5-6,11-12H2,1-4H3. The van der Waals surface area contributed by atoms with Crippen LogP contribution in [0.5, 0.6) is 0 Å². The van der Waals surface area contributed by atoms with E-state index in [0.717, 1.165) is 5.56 Å². The molecular formula is C17H25IOS. The van der Waals surface area contributed by atoms with Gasteiger partial charge in [0.1, 0.15) is 0 Å². The second-order valence-corrected chi connectivity index (χ2v) is 15.2. The molecule has 1 nitrogen and oxygen atoms in total. The lowest BCUT2D eigenvalue weighted by Gasteiger charge is -2.44. The lowest BCUT2D eigenvalue weighted by Crippen LogP contribution is -2.38. The fraction of sp³-hybridized carbons (Fsp3) is 0.588. The van der Waals surface area contributed by atoms with Crippen molar-refractivity contribution in [3.05, 3.63) is 35.4 Å². The monoisotopic (exact) mass is 404 g/mol. The van der Waals surface area contributed by atoms with E-state index in [1.807, 2.05) is 12.1 Å². The van der Waals surface area contributed by atoms with E-state index in [1.54, 1.807) is 0 Å². The number of halogens is 1. The highest BCUT2D eigenvalue weighted by Crippen LogP contribution is 2.68. The number of Topliss-reactive ketones (excluding diaryl/α,β-unsaturated/α-hetero) is 1. The quantitative estimate of drug-likeness (QED) is 0.478. The average Bonchev–Trinajstić information content (AvgIpc) is 2.75. The summed E-state index contributed by atoms with van der Waals surface area (Å²) in [5.41, 5.74) is 2.15. The molecule has 1 aliphatic rings. The van der Waals surface area contributed by atoms with Crippen LogP contribution in [-0.4, -0.2) is 22.5 Å². The molecular weight excluding hydrogens is 379 g/mol. The fourth-order valence-corrected chi connectivity index (χ4v) is 11.8. The normalized spacial score (nSPS) is 21.4. The second kappa shape index (κ2) is 5.99. The highest BCUT2D eigenvalue weighted by atomic mass is 127. The molecule has 1 atom stereocenters. The van der Waals surface area contributed by atoms with Crippen molar-refractivity contribution in [2.45, 2.75) is 45.8 Å². The molecule has 0 spiro atoms. The molecule has 1 fully saturated rings. The second-order valence-electron chi connectivity index (χ2n) is 6.94. The molecule has 0 saturated carbocycles. The van der Waals surface area contributed by atoms with E-state index in [4.69, 9.17) is 0 Å². The van der Waals surface area contributed by atoms with Gasteiger partial charge in [0.25, 0.3) is 0 Å². The van der Waals surface area contributed by atoms with E-state index in [2.05, 4.69) is 61.0 Å². The minimum atomic E-state index is -0.839. The number of carbonyl (C=O) groups excluding carboxylic acids is 1. The summed E-state index contributed by atoms with van der Waals surface area (Å²) in [6, 6.07) is 8.11. The Hall–Kier alpha value is -0.0300. The maximum Gasteiger partial charge on any atom is 0.175 e. The Morgan fingerprint density at radius 3 is 2.10 bits per heavy atom. The van der Waals surface area contributed by atoms with Crippen molar-refractivity contribution in [3.8, 4) is 0 Å². The third kappa shape index (κ3) is 3.41. The Bertz CT molecular complexity index is 481. The first kappa shape index (κ1) is 16.3. The summed E-state index contributed by atoms with van der Waals surface area (Å²) in [5, 5.41) is 0.181. The molecule has 0 amide bonds. The maximum atomic E-state index is 13.1. The van der Waals surface area contributed by atoms with Crippen molar-refractivity contribution < 1.29 is 4.79 Å². The Morgan fingerprint density at radius 1 is 1.15 bits per heavy atom. The van der Waals surface area contributed by atoms with Crippen molar-refractivity contribution in [1.82, 2.24) is 0 Å². The van der Waals surface area contributed by atoms with E-state index < -0.39 is 7.20 Å². The van der Waals surface area contributed by atoms with Gasteiger partial charge in [-0.15, -0.1) is 0 Å². The first-order chi connectivity index (χ1) is 9.24. The zero-order valence-electron chi connectivity index (χ0n) is 12.9. The van der Waals surface area contributed by atoms with Gasteiger partial charge >= 0.3 is 0 Å². The Morgan fingerprint density at radius 2 is 1.65 bits per heavy atom. The molecule has 112 valence electrons. The minimum Gasteiger partial charge on any atom is -0.293 e. The average molecular weight is 404 g/mol. The zero-order valence-corrected chi connectivity index (χ0v) is 15.9. The lowest BCUT2D eigenvalue weighted by atomic mass is 9.87. The van der Waals surface area contributed by atoms with Gasteiger partial charge in [-0.3, -0.25) is 4.79 Å². The molecule has 3 heteroatoms. The Kier molecular flexibility index (Phi) is 4.90. The Balaban J connectivity index is 2.37. The molecule has 1 aliphatic heterocycles. The summed E-state index contributed by atoms with van der Waals surface area (Å²) in [6.45, 7) is 8.76. The molecule has 1 heterocycles. The molecule has 0 aliphatic carbocycles. The highest BCUT2D eigenvalue weighted by molar-refractivity contribution is 14.2. The lowest BCUT2D eigenvalue weighted by molar-refractivity contribution is 0.0949. The van der Waals surface area contributed by atoms with Gasteiger partial charge in [0.05, 0.1) is 5.25 Å². The van der Waals surface area contributed by atoms with Crippen molar-refractivity contribution in [2.75, 3.05) is 11.5 Å². The molecule has 0 radical (unpaired) electrons. The first-order valence-electron chi connectivity index (χ1n) is 7.32. The summed E-state index contributed by atoms with van der Waals surface area (Å²) >= 11 is 2.66. The molecule has 1 aromatic carbocycles. The summed E-state index contributed by atoms with van der Waals surface area (Å²) in [7, 11) is -0.839. The van der Waals surface area contributed by atoms with E-state index in [1.165, 1.54) is 29.9 Å². The van der Waals surface area contributed by atoms with Crippen LogP contribution in [0.1, 0.15) is 49.5 Å². The summed E-state index contributed by atoms with van der Waals surface area (Å²) < 4.78 is 0. The van der Waals surface area contributed by atoms with E-state index >= 15 is 0 Å². The van der Waals surface area contributed by atoms with Crippen molar-refractivity contribution in [1.29, 1.82) is 0 Å². The third-order valence-corrected chi connectivity index (χ3v) is 11.9. The van der Waals surface area contributed by atoms with Crippen LogP contribution in [0, 0.1) is 12.3 Å². The van der Waals surface area contributed by atoms with Crippen molar-refractivity contribution in [3.63, 3.8) is 0 Å². The smallest absolute Gasteiger partial charge is 0.175 e. The number of aryl methyl sites for hydroxylation is 1. The molecule has 1 unspecified atom stereocenters. The van der Waals surface area contributed by atoms with Crippen LogP contribution >= 0.6 is 28.4 Å². The third-order valence-electron chi connectivity index (χ3n) is 4.00. The largest absolute Gasteiger partial charge is 0.293 e. The predicted molar refractivity (Wildman–Crippen MR) is 99.3 cm³/mol. The van der Waals surface area contributed by atoms with Crippen LogP contribution in [-0.2, 0) is 0 Å². The van der Waals surface area contributed by atoms with Gasteiger partial charge < -0.3 is 0 Å². The van der Waals surface area contributed by atoms with Crippen molar-refractivity contribution >= 4 is 34.2 Å². The molecule has 1 aromatic rings. The SMILES string of the molecule is Cc1ccc(C(=O)C(C(C)(C)C)S2(I)CCCC2)cc1. The number of hydrogen-bond donors (Lipinski definition) is 0. The van der Waals surface area contributed by atoms with Crippen molar-refractivity contribution in [2.24, 2.45) is 5.41 Å². The maximum absolute atomic E-state index is 13.1. The van der Waals surface area contributed by atoms with Gasteiger partial charge in [-0.05, 0) is 57.9 Å². The molecule has 0 N–H and O–H groups in total. The number of carbonyl (C=O) groups is 1. The molecule has 2 rings (SSSR count). The number of benzene rings is 1. The zero-order chi connectivity index (χ0) is 15.0. The van der Waals surface area contributed by atoms with E-state index in [0.29, 0.717) is 5.78 Å². The minimum absolute atomic E-state index is 0.0445. The first-order valence-corrected chi connectivity index (χ1v) is 11.9.